The van der Waals surface area contributed by atoms with Gasteiger partial charge in [0, 0.05) is 16.8 Å². The molecule has 0 unspecified atom stereocenters. The normalized spacial score (nSPS) is 10.7. The lowest BCUT2D eigenvalue weighted by atomic mass is 10.2. The molecule has 0 bridgehead atoms. The van der Waals surface area contributed by atoms with E-state index in [4.69, 9.17) is 33.5 Å². The molecule has 2 N–H and O–H groups in total. The van der Waals surface area contributed by atoms with Crippen LogP contribution in [0.5, 0.6) is 0 Å². The van der Waals surface area contributed by atoms with Crippen LogP contribution < -0.4 is 5.73 Å². The standard InChI is InChI=1S/C14H9Cl2N3O/c15-11-5-4-9(7-12(11)16)14-18-13(19-20-14)8-2-1-3-10(17)6-8/h1-7H,17H2. The summed E-state index contributed by atoms with van der Waals surface area (Å²) >= 11 is 11.8. The molecule has 2 aromatic carbocycles. The summed E-state index contributed by atoms with van der Waals surface area (Å²) in [6.45, 7) is 0. The van der Waals surface area contributed by atoms with Crippen molar-refractivity contribution in [1.29, 1.82) is 0 Å². The summed E-state index contributed by atoms with van der Waals surface area (Å²) in [7, 11) is 0. The molecule has 0 aliphatic rings. The molecule has 0 saturated carbocycles. The van der Waals surface area contributed by atoms with Crippen LogP contribution in [0.25, 0.3) is 22.8 Å². The highest BCUT2D eigenvalue weighted by molar-refractivity contribution is 6.42. The zero-order valence-electron chi connectivity index (χ0n) is 10.2. The van der Waals surface area contributed by atoms with Crippen molar-refractivity contribution in [2.24, 2.45) is 0 Å². The number of halogens is 2. The first-order valence-corrected chi connectivity index (χ1v) is 6.54. The lowest BCUT2D eigenvalue weighted by molar-refractivity contribution is 0.432. The number of nitrogens with two attached hydrogens (primary N) is 1. The molecule has 100 valence electrons. The van der Waals surface area contributed by atoms with Gasteiger partial charge in [0.05, 0.1) is 10.0 Å². The fourth-order valence-corrected chi connectivity index (χ4v) is 2.06. The van der Waals surface area contributed by atoms with Crippen molar-refractivity contribution in [2.45, 2.75) is 0 Å². The first kappa shape index (κ1) is 13.0. The summed E-state index contributed by atoms with van der Waals surface area (Å²) in [5.74, 6) is 0.847. The SMILES string of the molecule is Nc1cccc(-c2noc(-c3ccc(Cl)c(Cl)c3)n2)c1. The summed E-state index contributed by atoms with van der Waals surface area (Å²) in [6, 6.07) is 12.4. The molecule has 0 aliphatic heterocycles. The number of nitrogens with zero attached hydrogens (tertiary/aromatic N) is 2. The van der Waals surface area contributed by atoms with E-state index in [9.17, 15) is 0 Å². The highest BCUT2D eigenvalue weighted by atomic mass is 35.5. The van der Waals surface area contributed by atoms with E-state index in [0.717, 1.165) is 5.56 Å². The molecule has 6 heteroatoms. The second-order valence-electron chi connectivity index (χ2n) is 4.18. The minimum Gasteiger partial charge on any atom is -0.399 e. The Hall–Kier alpha value is -2.04. The molecule has 0 saturated heterocycles. The van der Waals surface area contributed by atoms with Crippen molar-refractivity contribution in [1.82, 2.24) is 10.1 Å². The molecular weight excluding hydrogens is 297 g/mol. The van der Waals surface area contributed by atoms with Gasteiger partial charge in [-0.15, -0.1) is 0 Å². The van der Waals surface area contributed by atoms with Crippen LogP contribution in [0, 0.1) is 0 Å². The Morgan fingerprint density at radius 2 is 1.80 bits per heavy atom. The van der Waals surface area contributed by atoms with Crippen LogP contribution in [-0.4, -0.2) is 10.1 Å². The number of anilines is 1. The van der Waals surface area contributed by atoms with E-state index in [2.05, 4.69) is 10.1 Å². The first-order chi connectivity index (χ1) is 9.63. The number of benzene rings is 2. The maximum absolute atomic E-state index is 5.97. The molecule has 0 aliphatic carbocycles. The summed E-state index contributed by atoms with van der Waals surface area (Å²) in [4.78, 5) is 4.33. The van der Waals surface area contributed by atoms with E-state index in [0.29, 0.717) is 33.0 Å². The summed E-state index contributed by atoms with van der Waals surface area (Å²) < 4.78 is 5.24. The third kappa shape index (κ3) is 2.48. The van der Waals surface area contributed by atoms with E-state index in [-0.39, 0.29) is 0 Å². The van der Waals surface area contributed by atoms with Crippen LogP contribution in [0.2, 0.25) is 10.0 Å². The van der Waals surface area contributed by atoms with Crippen molar-refractivity contribution < 1.29 is 4.52 Å². The fraction of sp³-hybridized carbons (Fsp3) is 0. The van der Waals surface area contributed by atoms with Gasteiger partial charge in [-0.2, -0.15) is 4.98 Å². The number of aromatic nitrogens is 2. The van der Waals surface area contributed by atoms with E-state index < -0.39 is 0 Å². The molecule has 0 spiro atoms. The predicted molar refractivity (Wildman–Crippen MR) is 79.6 cm³/mol. The van der Waals surface area contributed by atoms with Gasteiger partial charge < -0.3 is 10.3 Å². The van der Waals surface area contributed by atoms with Gasteiger partial charge in [-0.25, -0.2) is 0 Å². The summed E-state index contributed by atoms with van der Waals surface area (Å²) in [5.41, 5.74) is 7.88. The zero-order valence-corrected chi connectivity index (χ0v) is 11.7. The van der Waals surface area contributed by atoms with Gasteiger partial charge in [0.15, 0.2) is 0 Å². The van der Waals surface area contributed by atoms with Crippen LogP contribution >= 0.6 is 23.2 Å². The number of nitrogen functional groups attached to an aromatic ring is 1. The van der Waals surface area contributed by atoms with Crippen LogP contribution in [0.1, 0.15) is 0 Å². The minimum absolute atomic E-state index is 0.376. The Balaban J connectivity index is 1.99. The third-order valence-electron chi connectivity index (χ3n) is 2.74. The van der Waals surface area contributed by atoms with Crippen molar-refractivity contribution in [3.8, 4) is 22.8 Å². The van der Waals surface area contributed by atoms with E-state index in [1.54, 1.807) is 30.3 Å². The Kier molecular flexibility index (Phi) is 3.34. The number of hydrogen-bond donors (Lipinski definition) is 1. The molecule has 20 heavy (non-hydrogen) atoms. The average Bonchev–Trinajstić information content (AvgIpc) is 2.92. The van der Waals surface area contributed by atoms with E-state index in [1.165, 1.54) is 0 Å². The third-order valence-corrected chi connectivity index (χ3v) is 3.48. The number of hydrogen-bond acceptors (Lipinski definition) is 4. The van der Waals surface area contributed by atoms with Gasteiger partial charge in [-0.05, 0) is 30.3 Å². The Labute approximate surface area is 125 Å². The zero-order chi connectivity index (χ0) is 14.1. The maximum atomic E-state index is 5.97. The minimum atomic E-state index is 0.376. The Bertz CT molecular complexity index is 771. The van der Waals surface area contributed by atoms with Gasteiger partial charge in [0.25, 0.3) is 5.89 Å². The monoisotopic (exact) mass is 305 g/mol. The lowest BCUT2D eigenvalue weighted by Gasteiger charge is -1.97. The van der Waals surface area contributed by atoms with Gasteiger partial charge in [0.2, 0.25) is 5.82 Å². The second-order valence-corrected chi connectivity index (χ2v) is 4.99. The van der Waals surface area contributed by atoms with Gasteiger partial charge in [-0.1, -0.05) is 40.5 Å². The van der Waals surface area contributed by atoms with Crippen molar-refractivity contribution >= 4 is 28.9 Å². The lowest BCUT2D eigenvalue weighted by Crippen LogP contribution is -1.86. The molecule has 0 fully saturated rings. The van der Waals surface area contributed by atoms with Gasteiger partial charge in [-0.3, -0.25) is 0 Å². The topological polar surface area (TPSA) is 64.9 Å². The number of rotatable bonds is 2. The largest absolute Gasteiger partial charge is 0.399 e. The highest BCUT2D eigenvalue weighted by Gasteiger charge is 2.12. The van der Waals surface area contributed by atoms with Crippen molar-refractivity contribution in [3.63, 3.8) is 0 Å². The quantitative estimate of drug-likeness (QED) is 0.717. The predicted octanol–water partition coefficient (Wildman–Crippen LogP) is 4.29. The maximum Gasteiger partial charge on any atom is 0.258 e. The smallest absolute Gasteiger partial charge is 0.258 e. The highest BCUT2D eigenvalue weighted by Crippen LogP contribution is 2.29. The molecule has 3 aromatic rings. The molecule has 3 rings (SSSR count). The van der Waals surface area contributed by atoms with Gasteiger partial charge in [0.1, 0.15) is 0 Å². The van der Waals surface area contributed by atoms with Crippen LogP contribution in [0.15, 0.2) is 47.0 Å². The van der Waals surface area contributed by atoms with Crippen molar-refractivity contribution in [2.75, 3.05) is 5.73 Å². The molecule has 4 nitrogen and oxygen atoms in total. The van der Waals surface area contributed by atoms with Crippen LogP contribution in [0.3, 0.4) is 0 Å². The molecule has 1 heterocycles. The summed E-state index contributed by atoms with van der Waals surface area (Å²) in [6.07, 6.45) is 0. The van der Waals surface area contributed by atoms with Crippen LogP contribution in [0.4, 0.5) is 5.69 Å². The molecule has 0 atom stereocenters. The Morgan fingerprint density at radius 3 is 2.55 bits per heavy atom. The second kappa shape index (κ2) is 5.15. The molecule has 1 aromatic heterocycles. The summed E-state index contributed by atoms with van der Waals surface area (Å²) in [5, 5.41) is 4.85. The fourth-order valence-electron chi connectivity index (χ4n) is 1.76. The Morgan fingerprint density at radius 1 is 0.950 bits per heavy atom. The van der Waals surface area contributed by atoms with Crippen molar-refractivity contribution in [3.05, 3.63) is 52.5 Å². The first-order valence-electron chi connectivity index (χ1n) is 5.78. The molecule has 0 amide bonds. The van der Waals surface area contributed by atoms with E-state index in [1.807, 2.05) is 12.1 Å². The van der Waals surface area contributed by atoms with E-state index >= 15 is 0 Å². The molecule has 0 radical (unpaired) electrons. The van der Waals surface area contributed by atoms with Gasteiger partial charge >= 0.3 is 0 Å². The van der Waals surface area contributed by atoms with Crippen LogP contribution in [-0.2, 0) is 0 Å². The average molecular weight is 306 g/mol. The molecular formula is C14H9Cl2N3O.